The maximum Gasteiger partial charge on any atom is 0.147 e. The van der Waals surface area contributed by atoms with Gasteiger partial charge in [-0.3, -0.25) is 0 Å². The van der Waals surface area contributed by atoms with Gasteiger partial charge in [0.05, 0.1) is 5.92 Å². The molecule has 21 heavy (non-hydrogen) atoms. The summed E-state index contributed by atoms with van der Waals surface area (Å²) in [5.41, 5.74) is 7.04. The van der Waals surface area contributed by atoms with Crippen LogP contribution < -0.4 is 5.73 Å². The Balaban J connectivity index is 2.07. The standard InChI is InChI=1S/C17H27N3O/c1-20(15-11-7-2-3-8-12-15)13-16(17(18)19-21)14-9-5-4-6-10-14/h4-6,9-10,15-16,21H,2-3,7-8,11-13H2,1H3,(H2,18,19). The number of oxime groups is 1. The molecule has 0 bridgehead atoms. The second-order valence-corrected chi connectivity index (χ2v) is 6.07. The van der Waals surface area contributed by atoms with E-state index >= 15 is 0 Å². The predicted octanol–water partition coefficient (Wildman–Crippen LogP) is 3.17. The SMILES string of the molecule is CN(CC(C(N)=NO)c1ccccc1)C1CCCCCC1. The van der Waals surface area contributed by atoms with Gasteiger partial charge in [-0.15, -0.1) is 0 Å². The molecule has 0 aliphatic heterocycles. The lowest BCUT2D eigenvalue weighted by atomic mass is 9.96. The van der Waals surface area contributed by atoms with Gasteiger partial charge in [-0.1, -0.05) is 61.2 Å². The van der Waals surface area contributed by atoms with Crippen LogP contribution in [0.3, 0.4) is 0 Å². The third-order valence-corrected chi connectivity index (χ3v) is 4.59. The number of nitrogens with two attached hydrogens (primary N) is 1. The highest BCUT2D eigenvalue weighted by Gasteiger charge is 2.23. The summed E-state index contributed by atoms with van der Waals surface area (Å²) in [5.74, 6) is 0.242. The van der Waals surface area contributed by atoms with E-state index in [0.29, 0.717) is 11.9 Å². The first-order valence-corrected chi connectivity index (χ1v) is 7.95. The molecule has 1 unspecified atom stereocenters. The molecule has 0 saturated heterocycles. The third kappa shape index (κ3) is 4.46. The quantitative estimate of drug-likeness (QED) is 0.288. The molecule has 0 radical (unpaired) electrons. The van der Waals surface area contributed by atoms with Crippen molar-refractivity contribution in [1.82, 2.24) is 4.90 Å². The van der Waals surface area contributed by atoms with Crippen LogP contribution in [0.25, 0.3) is 0 Å². The van der Waals surface area contributed by atoms with Crippen molar-refractivity contribution >= 4 is 5.84 Å². The summed E-state index contributed by atoms with van der Waals surface area (Å²) in [6.45, 7) is 0.796. The monoisotopic (exact) mass is 289 g/mol. The van der Waals surface area contributed by atoms with Crippen LogP contribution >= 0.6 is 0 Å². The normalized spacial score (nSPS) is 19.4. The summed E-state index contributed by atoms with van der Waals surface area (Å²) in [6.07, 6.45) is 7.85. The van der Waals surface area contributed by atoms with E-state index in [0.717, 1.165) is 12.1 Å². The number of benzene rings is 1. The summed E-state index contributed by atoms with van der Waals surface area (Å²) in [6, 6.07) is 10.7. The van der Waals surface area contributed by atoms with Crippen LogP contribution in [0, 0.1) is 0 Å². The number of nitrogens with zero attached hydrogens (tertiary/aromatic N) is 2. The number of hydrogen-bond donors (Lipinski definition) is 2. The Hall–Kier alpha value is -1.55. The second kappa shape index (κ2) is 8.03. The largest absolute Gasteiger partial charge is 0.409 e. The Kier molecular flexibility index (Phi) is 6.05. The Morgan fingerprint density at radius 1 is 1.24 bits per heavy atom. The first-order valence-electron chi connectivity index (χ1n) is 7.95. The molecule has 116 valence electrons. The van der Waals surface area contributed by atoms with E-state index in [1.54, 1.807) is 0 Å². The van der Waals surface area contributed by atoms with Crippen molar-refractivity contribution in [2.75, 3.05) is 13.6 Å². The van der Waals surface area contributed by atoms with E-state index in [1.165, 1.54) is 38.5 Å². The molecule has 3 N–H and O–H groups in total. The van der Waals surface area contributed by atoms with Crippen molar-refractivity contribution in [2.24, 2.45) is 10.9 Å². The number of hydrogen-bond acceptors (Lipinski definition) is 3. The van der Waals surface area contributed by atoms with Gasteiger partial charge in [0.1, 0.15) is 5.84 Å². The zero-order valence-electron chi connectivity index (χ0n) is 12.9. The molecular formula is C17H27N3O. The van der Waals surface area contributed by atoms with Gasteiger partial charge in [0.25, 0.3) is 0 Å². The van der Waals surface area contributed by atoms with Crippen molar-refractivity contribution < 1.29 is 5.21 Å². The summed E-state index contributed by atoms with van der Waals surface area (Å²) < 4.78 is 0. The highest BCUT2D eigenvalue weighted by Crippen LogP contribution is 2.24. The van der Waals surface area contributed by atoms with E-state index < -0.39 is 0 Å². The average Bonchev–Trinajstić information content (AvgIpc) is 2.82. The van der Waals surface area contributed by atoms with Gasteiger partial charge < -0.3 is 15.8 Å². The molecule has 1 aliphatic carbocycles. The molecule has 1 aromatic carbocycles. The second-order valence-electron chi connectivity index (χ2n) is 6.07. The lowest BCUT2D eigenvalue weighted by Crippen LogP contribution is -2.38. The minimum atomic E-state index is -0.0514. The molecule has 4 heteroatoms. The minimum Gasteiger partial charge on any atom is -0.409 e. The number of likely N-dealkylation sites (N-methyl/N-ethyl adjacent to an activating group) is 1. The molecule has 1 aliphatic rings. The predicted molar refractivity (Wildman–Crippen MR) is 86.7 cm³/mol. The van der Waals surface area contributed by atoms with E-state index in [2.05, 4.69) is 17.1 Å². The van der Waals surface area contributed by atoms with Crippen LogP contribution in [0.4, 0.5) is 0 Å². The van der Waals surface area contributed by atoms with Crippen LogP contribution in [-0.2, 0) is 0 Å². The van der Waals surface area contributed by atoms with Gasteiger partial charge >= 0.3 is 0 Å². The molecule has 4 nitrogen and oxygen atoms in total. The van der Waals surface area contributed by atoms with Gasteiger partial charge in [-0.2, -0.15) is 0 Å². The molecule has 0 aromatic heterocycles. The topological polar surface area (TPSA) is 61.8 Å². The first kappa shape index (κ1) is 15.8. The van der Waals surface area contributed by atoms with E-state index in [9.17, 15) is 0 Å². The summed E-state index contributed by atoms with van der Waals surface area (Å²) in [7, 11) is 2.16. The van der Waals surface area contributed by atoms with E-state index in [-0.39, 0.29) is 5.92 Å². The third-order valence-electron chi connectivity index (χ3n) is 4.59. The van der Waals surface area contributed by atoms with Crippen molar-refractivity contribution in [3.05, 3.63) is 35.9 Å². The van der Waals surface area contributed by atoms with Crippen LogP contribution in [-0.4, -0.2) is 35.6 Å². The smallest absolute Gasteiger partial charge is 0.147 e. The van der Waals surface area contributed by atoms with Crippen LogP contribution in [0.5, 0.6) is 0 Å². The molecule has 0 amide bonds. The Bertz CT molecular complexity index is 439. The Morgan fingerprint density at radius 3 is 2.43 bits per heavy atom. The molecule has 1 fully saturated rings. The van der Waals surface area contributed by atoms with Crippen molar-refractivity contribution in [2.45, 2.75) is 50.5 Å². The highest BCUT2D eigenvalue weighted by molar-refractivity contribution is 5.87. The van der Waals surface area contributed by atoms with Crippen LogP contribution in [0.1, 0.15) is 50.0 Å². The summed E-state index contributed by atoms with van der Waals surface area (Å²) >= 11 is 0. The lowest BCUT2D eigenvalue weighted by molar-refractivity contribution is 0.217. The minimum absolute atomic E-state index is 0.0514. The average molecular weight is 289 g/mol. The maximum absolute atomic E-state index is 9.08. The molecule has 0 spiro atoms. The van der Waals surface area contributed by atoms with Gasteiger partial charge in [0.15, 0.2) is 0 Å². The molecule has 1 aromatic rings. The summed E-state index contributed by atoms with van der Waals surface area (Å²) in [4.78, 5) is 2.39. The number of rotatable bonds is 5. The fourth-order valence-electron chi connectivity index (χ4n) is 3.26. The first-order chi connectivity index (χ1) is 10.2. The van der Waals surface area contributed by atoms with Gasteiger partial charge in [0.2, 0.25) is 0 Å². The molecule has 1 saturated carbocycles. The molecule has 1 atom stereocenters. The fraction of sp³-hybridized carbons (Fsp3) is 0.588. The zero-order valence-corrected chi connectivity index (χ0v) is 12.9. The van der Waals surface area contributed by atoms with Crippen LogP contribution in [0.2, 0.25) is 0 Å². The van der Waals surface area contributed by atoms with E-state index in [1.807, 2.05) is 30.3 Å². The van der Waals surface area contributed by atoms with Gasteiger partial charge in [-0.05, 0) is 25.5 Å². The van der Waals surface area contributed by atoms with Crippen molar-refractivity contribution in [3.8, 4) is 0 Å². The lowest BCUT2D eigenvalue weighted by Gasteiger charge is -2.30. The van der Waals surface area contributed by atoms with Gasteiger partial charge in [-0.25, -0.2) is 0 Å². The molecule has 0 heterocycles. The van der Waals surface area contributed by atoms with E-state index in [4.69, 9.17) is 10.9 Å². The Labute approximate surface area is 127 Å². The molecule has 2 rings (SSSR count). The summed E-state index contributed by atoms with van der Waals surface area (Å²) in [5, 5.41) is 12.3. The maximum atomic E-state index is 9.08. The molecular weight excluding hydrogens is 262 g/mol. The Morgan fingerprint density at radius 2 is 1.86 bits per heavy atom. The fourth-order valence-corrected chi connectivity index (χ4v) is 3.26. The number of amidine groups is 1. The highest BCUT2D eigenvalue weighted by atomic mass is 16.4. The van der Waals surface area contributed by atoms with Crippen LogP contribution in [0.15, 0.2) is 35.5 Å². The van der Waals surface area contributed by atoms with Crippen molar-refractivity contribution in [1.29, 1.82) is 0 Å². The van der Waals surface area contributed by atoms with Gasteiger partial charge in [0, 0.05) is 12.6 Å². The van der Waals surface area contributed by atoms with Crippen molar-refractivity contribution in [3.63, 3.8) is 0 Å². The zero-order chi connectivity index (χ0) is 15.1.